The van der Waals surface area contributed by atoms with E-state index in [0.29, 0.717) is 35.6 Å². The molecule has 168 valence electrons. The number of benzene rings is 1. The molecule has 8 nitrogen and oxygen atoms in total. The molecule has 1 aromatic heterocycles. The van der Waals surface area contributed by atoms with Crippen molar-refractivity contribution in [2.75, 3.05) is 14.2 Å². The van der Waals surface area contributed by atoms with E-state index in [1.54, 1.807) is 32.9 Å². The third-order valence-corrected chi connectivity index (χ3v) is 6.23. The van der Waals surface area contributed by atoms with Gasteiger partial charge in [0.05, 0.1) is 31.5 Å². The number of nitrogens with zero attached hydrogens (tertiary/aromatic N) is 2. The molecule has 2 aromatic rings. The first kappa shape index (κ1) is 22.7. The van der Waals surface area contributed by atoms with E-state index in [9.17, 15) is 9.59 Å². The van der Waals surface area contributed by atoms with Crippen LogP contribution in [-0.2, 0) is 11.8 Å². The molecule has 1 saturated carbocycles. The fourth-order valence-corrected chi connectivity index (χ4v) is 4.36. The zero-order chi connectivity index (χ0) is 22.8. The van der Waals surface area contributed by atoms with E-state index < -0.39 is 5.54 Å². The molecule has 0 bridgehead atoms. The highest BCUT2D eigenvalue weighted by atomic mass is 16.5. The summed E-state index contributed by atoms with van der Waals surface area (Å²) in [5.74, 6) is 0.907. The third kappa shape index (κ3) is 4.38. The minimum absolute atomic E-state index is 0.185. The zero-order valence-corrected chi connectivity index (χ0v) is 19.2. The van der Waals surface area contributed by atoms with Crippen molar-refractivity contribution in [3.05, 3.63) is 40.7 Å². The molecular weight excluding hydrogens is 396 g/mol. The summed E-state index contributed by atoms with van der Waals surface area (Å²) in [5, 5.41) is 10.5. The molecule has 1 aliphatic carbocycles. The maximum absolute atomic E-state index is 13.4. The number of amides is 2. The average Bonchev–Trinajstić information content (AvgIpc) is 3.32. The quantitative estimate of drug-likeness (QED) is 0.707. The number of carbonyl (C=O) groups is 2. The van der Waals surface area contributed by atoms with Gasteiger partial charge in [-0.25, -0.2) is 0 Å². The van der Waals surface area contributed by atoms with Gasteiger partial charge in [-0.3, -0.25) is 14.3 Å². The van der Waals surface area contributed by atoms with Crippen molar-refractivity contribution >= 4 is 11.8 Å². The van der Waals surface area contributed by atoms with Gasteiger partial charge in [0.25, 0.3) is 5.91 Å². The first-order valence-electron chi connectivity index (χ1n) is 10.6. The van der Waals surface area contributed by atoms with Gasteiger partial charge >= 0.3 is 0 Å². The maximum atomic E-state index is 13.4. The molecule has 1 aliphatic rings. The van der Waals surface area contributed by atoms with Crippen LogP contribution in [0.3, 0.4) is 0 Å². The van der Waals surface area contributed by atoms with E-state index in [0.717, 1.165) is 24.1 Å². The molecule has 8 heteroatoms. The van der Waals surface area contributed by atoms with Gasteiger partial charge in [0, 0.05) is 18.3 Å². The molecule has 0 spiro atoms. The summed E-state index contributed by atoms with van der Waals surface area (Å²) in [4.78, 5) is 26.6. The van der Waals surface area contributed by atoms with Gasteiger partial charge in [-0.05, 0) is 51.8 Å². The van der Waals surface area contributed by atoms with E-state index in [-0.39, 0.29) is 17.9 Å². The van der Waals surface area contributed by atoms with Crippen LogP contribution in [0.2, 0.25) is 0 Å². The van der Waals surface area contributed by atoms with Crippen LogP contribution in [-0.4, -0.2) is 41.4 Å². The Morgan fingerprint density at radius 2 is 1.84 bits per heavy atom. The van der Waals surface area contributed by atoms with E-state index in [4.69, 9.17) is 9.47 Å². The zero-order valence-electron chi connectivity index (χ0n) is 19.2. The molecule has 1 atom stereocenters. The monoisotopic (exact) mass is 428 g/mol. The Hall–Kier alpha value is -3.03. The smallest absolute Gasteiger partial charge is 0.255 e. The Kier molecular flexibility index (Phi) is 6.57. The Morgan fingerprint density at radius 3 is 2.39 bits per heavy atom. The van der Waals surface area contributed by atoms with Gasteiger partial charge < -0.3 is 20.1 Å². The second-order valence-corrected chi connectivity index (χ2v) is 8.22. The van der Waals surface area contributed by atoms with Gasteiger partial charge in [-0.1, -0.05) is 12.8 Å². The number of carbonyl (C=O) groups excluding carboxylic acids is 2. The first-order chi connectivity index (χ1) is 14.7. The van der Waals surface area contributed by atoms with Crippen LogP contribution in [0, 0.1) is 13.8 Å². The van der Waals surface area contributed by atoms with Crippen LogP contribution >= 0.6 is 0 Å². The Balaban J connectivity index is 1.83. The lowest BCUT2D eigenvalue weighted by Crippen LogP contribution is -2.57. The molecule has 0 radical (unpaired) electrons. The minimum Gasteiger partial charge on any atom is -0.497 e. The molecule has 0 saturated heterocycles. The summed E-state index contributed by atoms with van der Waals surface area (Å²) in [5.41, 5.74) is 1.84. The SMILES string of the molecule is COc1ccc(OC)c(C(C)NC(=O)C2(NC(=O)c3c(C)nn(C)c3C)CCCC2)c1. The highest BCUT2D eigenvalue weighted by molar-refractivity contribution is 6.01. The Labute approximate surface area is 183 Å². The van der Waals surface area contributed by atoms with Crippen molar-refractivity contribution in [1.82, 2.24) is 20.4 Å². The van der Waals surface area contributed by atoms with E-state index in [2.05, 4.69) is 15.7 Å². The minimum atomic E-state index is -0.938. The van der Waals surface area contributed by atoms with Crippen molar-refractivity contribution in [2.24, 2.45) is 7.05 Å². The van der Waals surface area contributed by atoms with Gasteiger partial charge in [-0.15, -0.1) is 0 Å². The number of hydrogen-bond acceptors (Lipinski definition) is 5. The lowest BCUT2D eigenvalue weighted by molar-refractivity contribution is -0.127. The number of hydrogen-bond donors (Lipinski definition) is 2. The highest BCUT2D eigenvalue weighted by Crippen LogP contribution is 2.33. The molecule has 2 N–H and O–H groups in total. The molecule has 1 fully saturated rings. The predicted octanol–water partition coefficient (Wildman–Crippen LogP) is 2.97. The second kappa shape index (κ2) is 8.99. The molecule has 1 unspecified atom stereocenters. The molecular formula is C23H32N4O4. The van der Waals surface area contributed by atoms with Crippen molar-refractivity contribution in [2.45, 2.75) is 58.0 Å². The molecule has 2 amide bonds. The van der Waals surface area contributed by atoms with Gasteiger partial charge in [-0.2, -0.15) is 5.10 Å². The average molecular weight is 429 g/mol. The van der Waals surface area contributed by atoms with Crippen LogP contribution in [0.25, 0.3) is 0 Å². The topological polar surface area (TPSA) is 94.5 Å². The highest BCUT2D eigenvalue weighted by Gasteiger charge is 2.43. The maximum Gasteiger partial charge on any atom is 0.255 e. The van der Waals surface area contributed by atoms with Crippen molar-refractivity contribution in [3.63, 3.8) is 0 Å². The normalized spacial score (nSPS) is 15.9. The van der Waals surface area contributed by atoms with Crippen LogP contribution in [0.4, 0.5) is 0 Å². The van der Waals surface area contributed by atoms with Gasteiger partial charge in [0.15, 0.2) is 0 Å². The lowest BCUT2D eigenvalue weighted by Gasteiger charge is -2.31. The Bertz CT molecular complexity index is 976. The van der Waals surface area contributed by atoms with Crippen LogP contribution < -0.4 is 20.1 Å². The lowest BCUT2D eigenvalue weighted by atomic mass is 9.94. The number of nitrogens with one attached hydrogen (secondary N) is 2. The third-order valence-electron chi connectivity index (χ3n) is 6.23. The molecule has 31 heavy (non-hydrogen) atoms. The van der Waals surface area contributed by atoms with E-state index in [1.807, 2.05) is 32.0 Å². The summed E-state index contributed by atoms with van der Waals surface area (Å²) in [6.07, 6.45) is 2.97. The largest absolute Gasteiger partial charge is 0.497 e. The molecule has 0 aliphatic heterocycles. The van der Waals surface area contributed by atoms with Crippen molar-refractivity contribution in [1.29, 1.82) is 0 Å². The van der Waals surface area contributed by atoms with Crippen LogP contribution in [0.1, 0.15) is 66.0 Å². The molecule has 1 heterocycles. The second-order valence-electron chi connectivity index (χ2n) is 8.22. The van der Waals surface area contributed by atoms with Crippen LogP contribution in [0.5, 0.6) is 11.5 Å². The summed E-state index contributed by atoms with van der Waals surface area (Å²) in [7, 11) is 5.00. The molecule has 3 rings (SSSR count). The fourth-order valence-electron chi connectivity index (χ4n) is 4.36. The summed E-state index contributed by atoms with van der Waals surface area (Å²) in [6, 6.07) is 5.16. The summed E-state index contributed by atoms with van der Waals surface area (Å²) in [6.45, 7) is 5.56. The van der Waals surface area contributed by atoms with Crippen LogP contribution in [0.15, 0.2) is 18.2 Å². The number of methoxy groups -OCH3 is 2. The first-order valence-corrected chi connectivity index (χ1v) is 10.6. The number of aromatic nitrogens is 2. The van der Waals surface area contributed by atoms with Gasteiger partial charge in [0.1, 0.15) is 17.0 Å². The standard InChI is InChI=1S/C23H32N4O4/c1-14(18-13-17(30-5)9-10-19(18)31-6)24-22(29)23(11-7-8-12-23)25-21(28)20-15(2)26-27(4)16(20)3/h9-10,13-14H,7-8,11-12H2,1-6H3,(H,24,29)(H,25,28). The van der Waals surface area contributed by atoms with Crippen molar-refractivity contribution in [3.8, 4) is 11.5 Å². The number of aryl methyl sites for hydroxylation is 2. The van der Waals surface area contributed by atoms with E-state index >= 15 is 0 Å². The summed E-state index contributed by atoms with van der Waals surface area (Å²) >= 11 is 0. The fraction of sp³-hybridized carbons (Fsp3) is 0.522. The summed E-state index contributed by atoms with van der Waals surface area (Å²) < 4.78 is 12.5. The van der Waals surface area contributed by atoms with E-state index in [1.165, 1.54) is 0 Å². The van der Waals surface area contributed by atoms with Crippen molar-refractivity contribution < 1.29 is 19.1 Å². The number of ether oxygens (including phenoxy) is 2. The molecule has 1 aromatic carbocycles. The Morgan fingerprint density at radius 1 is 1.16 bits per heavy atom. The number of rotatable bonds is 7. The van der Waals surface area contributed by atoms with Gasteiger partial charge in [0.2, 0.25) is 5.91 Å². The predicted molar refractivity (Wildman–Crippen MR) is 117 cm³/mol.